The molecule has 266 valence electrons. The molecule has 1 aromatic heterocycles. The molecule has 2 aromatic carbocycles. The van der Waals surface area contributed by atoms with Gasteiger partial charge in [-0.15, -0.1) is 12.4 Å². The van der Waals surface area contributed by atoms with Crippen molar-refractivity contribution in [1.82, 2.24) is 24.3 Å². The highest BCUT2D eigenvalue weighted by Crippen LogP contribution is 2.34. The first-order chi connectivity index (χ1) is 23.6. The van der Waals surface area contributed by atoms with Gasteiger partial charge in [-0.05, 0) is 105 Å². The van der Waals surface area contributed by atoms with Crippen LogP contribution in [0, 0.1) is 28.6 Å². The molecule has 3 fully saturated rings. The predicted octanol–water partition coefficient (Wildman–Crippen LogP) is 3.77. The first-order valence-electron chi connectivity index (χ1n) is 17.0. The lowest BCUT2D eigenvalue weighted by atomic mass is 9.87. The third-order valence-corrected chi connectivity index (χ3v) is 12.1. The zero-order chi connectivity index (χ0) is 34.7. The first-order valence-corrected chi connectivity index (χ1v) is 18.5. The summed E-state index contributed by atoms with van der Waals surface area (Å²) in [6, 6.07) is 15.1. The number of nitrogens with zero attached hydrogens (tertiary/aromatic N) is 7. The van der Waals surface area contributed by atoms with Gasteiger partial charge in [0.15, 0.2) is 5.82 Å². The van der Waals surface area contributed by atoms with Crippen LogP contribution in [0.3, 0.4) is 0 Å². The van der Waals surface area contributed by atoms with Crippen LogP contribution in [0.25, 0.3) is 10.9 Å². The van der Waals surface area contributed by atoms with Gasteiger partial charge in [0.25, 0.3) is 0 Å². The fourth-order valence-electron chi connectivity index (χ4n) is 7.40. The summed E-state index contributed by atoms with van der Waals surface area (Å²) in [7, 11) is -1.84. The number of nitrogens with one attached hydrogen (secondary N) is 1. The summed E-state index contributed by atoms with van der Waals surface area (Å²) >= 11 is 0. The number of carbonyl (C=O) groups excluding carboxylic acids is 2. The van der Waals surface area contributed by atoms with Gasteiger partial charge in [0.2, 0.25) is 15.9 Å². The molecule has 0 radical (unpaired) electrons. The number of piperidine rings is 2. The number of hydrogen-bond acceptors (Lipinski definition) is 9. The van der Waals surface area contributed by atoms with Crippen LogP contribution in [0.5, 0.6) is 0 Å². The Morgan fingerprint density at radius 2 is 1.76 bits per heavy atom. The zero-order valence-corrected chi connectivity index (χ0v) is 29.9. The van der Waals surface area contributed by atoms with Crippen molar-refractivity contribution >= 4 is 51.1 Å². The highest BCUT2D eigenvalue weighted by Gasteiger charge is 2.31. The van der Waals surface area contributed by atoms with Gasteiger partial charge in [0.1, 0.15) is 0 Å². The fraction of sp³-hybridized carbons (Fsp3) is 0.514. The van der Waals surface area contributed by atoms with E-state index in [1.165, 1.54) is 20.8 Å². The molecular formula is C35H44ClN9O4S. The summed E-state index contributed by atoms with van der Waals surface area (Å²) in [5.41, 5.74) is 9.31. The molecule has 50 heavy (non-hydrogen) atoms. The number of aromatic nitrogens is 2. The van der Waals surface area contributed by atoms with Crippen LogP contribution >= 0.6 is 12.4 Å². The molecule has 1 atom stereocenters. The molecule has 3 aliphatic rings. The number of halogens is 1. The topological polar surface area (TPSA) is 181 Å². The van der Waals surface area contributed by atoms with E-state index in [1.54, 1.807) is 16.8 Å². The number of nitrogens with two attached hydrogens (primary N) is 1. The summed E-state index contributed by atoms with van der Waals surface area (Å²) in [5, 5.41) is 27.1. The quantitative estimate of drug-likeness (QED) is 0.315. The molecule has 3 aromatic rings. The third kappa shape index (κ3) is 7.96. The van der Waals surface area contributed by atoms with Crippen LogP contribution in [0.2, 0.25) is 0 Å². The van der Waals surface area contributed by atoms with Crippen molar-refractivity contribution in [3.63, 3.8) is 0 Å². The Hall–Kier alpha value is -4.05. The van der Waals surface area contributed by atoms with Crippen molar-refractivity contribution in [3.8, 4) is 12.1 Å². The van der Waals surface area contributed by atoms with Crippen molar-refractivity contribution < 1.29 is 18.0 Å². The molecule has 3 aliphatic heterocycles. The number of hydrogen-bond donors (Lipinski definition) is 2. The maximum Gasteiger partial charge on any atom is 0.329 e. The van der Waals surface area contributed by atoms with Gasteiger partial charge in [-0.2, -0.15) is 19.9 Å². The highest BCUT2D eigenvalue weighted by atomic mass is 35.5. The summed E-state index contributed by atoms with van der Waals surface area (Å²) < 4.78 is 30.2. The molecule has 0 aliphatic carbocycles. The highest BCUT2D eigenvalue weighted by molar-refractivity contribution is 7.89. The summed E-state index contributed by atoms with van der Waals surface area (Å²) in [5.74, 6) is 0.702. The zero-order valence-electron chi connectivity index (χ0n) is 28.3. The number of fused-ring (bicyclic) bond motifs is 1. The van der Waals surface area contributed by atoms with Crippen LogP contribution in [0.1, 0.15) is 67.6 Å². The number of nitriles is 2. The number of anilines is 1. The van der Waals surface area contributed by atoms with Gasteiger partial charge in [-0.3, -0.25) is 19.7 Å². The molecular weight excluding hydrogens is 678 g/mol. The largest absolute Gasteiger partial charge is 0.329 e. The summed E-state index contributed by atoms with van der Waals surface area (Å²) in [4.78, 5) is 28.2. The Bertz CT molecular complexity index is 1920. The van der Waals surface area contributed by atoms with Crippen molar-refractivity contribution in [3.05, 3.63) is 53.1 Å². The van der Waals surface area contributed by atoms with Crippen molar-refractivity contribution in [1.29, 1.82) is 10.5 Å². The maximum absolute atomic E-state index is 13.5. The van der Waals surface area contributed by atoms with Crippen LogP contribution in [-0.2, 0) is 28.3 Å². The minimum absolute atomic E-state index is 0. The van der Waals surface area contributed by atoms with E-state index in [0.717, 1.165) is 43.4 Å². The SMILES string of the molecule is Cl.Cn1nc(N2CCC(=O)NC2=O)c2ccc(C3CCN(CC(CCC#N)Cc4cc(S(=O)(=O)N5CCC(N)CC5)ccc4C#N)CC3)cc21. The Labute approximate surface area is 299 Å². The number of imide groups is 1. The fourth-order valence-corrected chi connectivity index (χ4v) is 8.92. The molecule has 0 spiro atoms. The average Bonchev–Trinajstić information content (AvgIpc) is 3.42. The normalized spacial score (nSPS) is 19.1. The van der Waals surface area contributed by atoms with E-state index in [-0.39, 0.29) is 41.6 Å². The molecule has 3 amide bonds. The molecule has 3 N–H and O–H groups in total. The molecule has 0 bridgehead atoms. The Morgan fingerprint density at radius 1 is 1.02 bits per heavy atom. The summed E-state index contributed by atoms with van der Waals surface area (Å²) in [6.45, 7) is 3.57. The number of carbonyl (C=O) groups is 2. The van der Waals surface area contributed by atoms with Gasteiger partial charge < -0.3 is 10.6 Å². The number of aryl methyl sites for hydroxylation is 1. The number of amides is 3. The molecule has 0 saturated carbocycles. The average molecular weight is 722 g/mol. The van der Waals surface area contributed by atoms with Crippen LogP contribution in [0.4, 0.5) is 10.6 Å². The number of likely N-dealkylation sites (tertiary alicyclic amines) is 1. The van der Waals surface area contributed by atoms with Crippen LogP contribution in [0.15, 0.2) is 41.3 Å². The lowest BCUT2D eigenvalue weighted by molar-refractivity contribution is -0.120. The second-order valence-electron chi connectivity index (χ2n) is 13.5. The predicted molar refractivity (Wildman–Crippen MR) is 191 cm³/mol. The molecule has 4 heterocycles. The Kier molecular flexibility index (Phi) is 11.8. The monoisotopic (exact) mass is 721 g/mol. The second-order valence-corrected chi connectivity index (χ2v) is 15.4. The van der Waals surface area contributed by atoms with Gasteiger partial charge in [-0.25, -0.2) is 13.2 Å². The number of urea groups is 1. The lowest BCUT2D eigenvalue weighted by Gasteiger charge is -2.34. The van der Waals surface area contributed by atoms with E-state index in [0.29, 0.717) is 74.6 Å². The molecule has 3 saturated heterocycles. The van der Waals surface area contributed by atoms with Gasteiger partial charge in [0, 0.05) is 57.5 Å². The van der Waals surface area contributed by atoms with Crippen LogP contribution < -0.4 is 16.0 Å². The third-order valence-electron chi connectivity index (χ3n) is 10.2. The smallest absolute Gasteiger partial charge is 0.328 e. The summed E-state index contributed by atoms with van der Waals surface area (Å²) in [6.07, 6.45) is 4.95. The Morgan fingerprint density at radius 3 is 2.44 bits per heavy atom. The second kappa shape index (κ2) is 15.9. The van der Waals surface area contributed by atoms with E-state index in [9.17, 15) is 28.5 Å². The van der Waals surface area contributed by atoms with Crippen molar-refractivity contribution in [2.75, 3.05) is 44.2 Å². The molecule has 13 nitrogen and oxygen atoms in total. The minimum Gasteiger partial charge on any atom is -0.328 e. The standard InChI is InChI=1S/C35H43N9O4S.ClH/c1-41-32-21-26(5-7-31(32)34(40-41)44-18-12-33(45)39-35(44)46)25-8-14-42(15-9-25)23-24(3-2-13-36)19-28-20-30(6-4-27(28)22-37)49(47,48)43-16-10-29(38)11-17-43;/h4-7,20-21,24-25,29H,2-3,8-12,14-19,23,38H2,1H3,(H,39,45,46);1H. The first kappa shape index (κ1) is 37.2. The molecule has 15 heteroatoms. The van der Waals surface area contributed by atoms with E-state index in [4.69, 9.17) is 5.73 Å². The minimum atomic E-state index is -3.70. The maximum atomic E-state index is 13.5. The van der Waals surface area contributed by atoms with Crippen molar-refractivity contribution in [2.24, 2.45) is 18.7 Å². The number of benzene rings is 2. The van der Waals surface area contributed by atoms with E-state index >= 15 is 0 Å². The van der Waals surface area contributed by atoms with E-state index in [2.05, 4.69) is 39.6 Å². The number of rotatable bonds is 10. The Balaban J connectivity index is 0.00000486. The van der Waals surface area contributed by atoms with E-state index < -0.39 is 16.1 Å². The van der Waals surface area contributed by atoms with Gasteiger partial charge in [-0.1, -0.05) is 6.07 Å². The molecule has 6 rings (SSSR count). The lowest BCUT2D eigenvalue weighted by Crippen LogP contribution is -2.49. The van der Waals surface area contributed by atoms with Gasteiger partial charge in [0.05, 0.1) is 28.1 Å². The molecule has 1 unspecified atom stereocenters. The van der Waals surface area contributed by atoms with Gasteiger partial charge >= 0.3 is 6.03 Å². The van der Waals surface area contributed by atoms with E-state index in [1.807, 2.05) is 13.1 Å². The number of sulfonamides is 1. The van der Waals surface area contributed by atoms with Crippen molar-refractivity contribution in [2.45, 2.75) is 68.2 Å². The van der Waals surface area contributed by atoms with Crippen LogP contribution in [-0.4, -0.2) is 84.7 Å².